The van der Waals surface area contributed by atoms with Crippen molar-refractivity contribution in [1.29, 1.82) is 0 Å². The molecule has 1 aliphatic rings. The van der Waals surface area contributed by atoms with Crippen LogP contribution in [0.15, 0.2) is 18.2 Å². The minimum Gasteiger partial charge on any atom is -0.340 e. The number of nitrogens with one attached hydrogen (secondary N) is 1. The third-order valence-electron chi connectivity index (χ3n) is 4.45. The lowest BCUT2D eigenvalue weighted by Crippen LogP contribution is -2.55. The second kappa shape index (κ2) is 9.62. The van der Waals surface area contributed by atoms with Gasteiger partial charge in [-0.3, -0.25) is 9.59 Å². The van der Waals surface area contributed by atoms with Crippen LogP contribution in [0.4, 0.5) is 0 Å². The Balaban J connectivity index is 0.00000312. The zero-order valence-electron chi connectivity index (χ0n) is 14.3. The smallest absolute Gasteiger partial charge is 0.253 e. The van der Waals surface area contributed by atoms with E-state index in [0.717, 1.165) is 12.8 Å². The molecule has 0 aromatic heterocycles. The molecule has 1 aromatic rings. The second-order valence-corrected chi connectivity index (χ2v) is 7.13. The fourth-order valence-corrected chi connectivity index (χ4v) is 3.42. The number of amides is 2. The van der Waals surface area contributed by atoms with E-state index >= 15 is 0 Å². The van der Waals surface area contributed by atoms with Crippen LogP contribution < -0.4 is 11.1 Å². The second-order valence-electron chi connectivity index (χ2n) is 6.35. The number of nitrogens with two attached hydrogens (primary N) is 1. The normalized spacial score (nSPS) is 21.2. The topological polar surface area (TPSA) is 75.4 Å². The van der Waals surface area contributed by atoms with E-state index in [-0.39, 0.29) is 34.9 Å². The summed E-state index contributed by atoms with van der Waals surface area (Å²) >= 11 is 12.0. The summed E-state index contributed by atoms with van der Waals surface area (Å²) in [7, 11) is 0. The van der Waals surface area contributed by atoms with Gasteiger partial charge in [-0.25, -0.2) is 0 Å². The number of nitrogens with zero attached hydrogens (tertiary/aromatic N) is 1. The average molecular weight is 409 g/mol. The number of hydrogen-bond acceptors (Lipinski definition) is 3. The van der Waals surface area contributed by atoms with Crippen LogP contribution in [0.3, 0.4) is 0 Å². The maximum Gasteiger partial charge on any atom is 0.253 e. The largest absolute Gasteiger partial charge is 0.340 e. The predicted molar refractivity (Wildman–Crippen MR) is 104 cm³/mol. The van der Waals surface area contributed by atoms with Crippen molar-refractivity contribution in [3.63, 3.8) is 0 Å². The molecule has 2 amide bonds. The molecule has 3 unspecified atom stereocenters. The van der Waals surface area contributed by atoms with Crippen molar-refractivity contribution in [2.45, 2.75) is 38.8 Å². The van der Waals surface area contributed by atoms with Crippen LogP contribution >= 0.6 is 35.6 Å². The fraction of sp³-hybridized carbons (Fsp3) is 0.529. The van der Waals surface area contributed by atoms with Crippen LogP contribution in [-0.4, -0.2) is 41.9 Å². The van der Waals surface area contributed by atoms with Gasteiger partial charge in [0.2, 0.25) is 5.91 Å². The summed E-state index contributed by atoms with van der Waals surface area (Å²) in [6, 6.07) is 4.19. The lowest BCUT2D eigenvalue weighted by Gasteiger charge is -2.39. The SMILES string of the molecule is CC1CCN(C(=O)C(C)NC(=O)c2cccc(Cl)c2Cl)C(CN)C1.Cl. The van der Waals surface area contributed by atoms with Gasteiger partial charge >= 0.3 is 0 Å². The number of carbonyl (C=O) groups is 2. The molecule has 140 valence electrons. The van der Waals surface area contributed by atoms with E-state index < -0.39 is 11.9 Å². The first-order valence-corrected chi connectivity index (χ1v) is 8.86. The summed E-state index contributed by atoms with van der Waals surface area (Å²) in [4.78, 5) is 26.8. The van der Waals surface area contributed by atoms with Gasteiger partial charge in [0.25, 0.3) is 5.91 Å². The summed E-state index contributed by atoms with van der Waals surface area (Å²) in [5.74, 6) is 0.0136. The van der Waals surface area contributed by atoms with E-state index in [1.807, 2.05) is 0 Å². The Hall–Kier alpha value is -1.01. The van der Waals surface area contributed by atoms with Crippen LogP contribution in [0.25, 0.3) is 0 Å². The number of likely N-dealkylation sites (tertiary alicyclic amines) is 1. The average Bonchev–Trinajstić information content (AvgIpc) is 2.56. The highest BCUT2D eigenvalue weighted by Gasteiger charge is 2.32. The first-order chi connectivity index (χ1) is 11.3. The molecule has 8 heteroatoms. The molecule has 1 heterocycles. The van der Waals surface area contributed by atoms with Crippen molar-refractivity contribution in [2.75, 3.05) is 13.1 Å². The Bertz CT molecular complexity index is 627. The highest BCUT2D eigenvalue weighted by atomic mass is 35.5. The van der Waals surface area contributed by atoms with E-state index in [1.54, 1.807) is 30.0 Å². The summed E-state index contributed by atoms with van der Waals surface area (Å²) in [6.07, 6.45) is 1.84. The van der Waals surface area contributed by atoms with E-state index in [4.69, 9.17) is 28.9 Å². The van der Waals surface area contributed by atoms with E-state index in [1.165, 1.54) is 0 Å². The van der Waals surface area contributed by atoms with Gasteiger partial charge in [-0.2, -0.15) is 0 Å². The van der Waals surface area contributed by atoms with E-state index in [0.29, 0.717) is 24.0 Å². The molecule has 1 aliphatic heterocycles. The van der Waals surface area contributed by atoms with Gasteiger partial charge in [0.1, 0.15) is 6.04 Å². The van der Waals surface area contributed by atoms with Crippen LogP contribution in [0.5, 0.6) is 0 Å². The van der Waals surface area contributed by atoms with E-state index in [2.05, 4.69) is 12.2 Å². The van der Waals surface area contributed by atoms with Crippen molar-refractivity contribution in [2.24, 2.45) is 11.7 Å². The standard InChI is InChI=1S/C17H23Cl2N3O2.ClH/c1-10-6-7-22(12(8-10)9-20)17(24)11(2)21-16(23)13-4-3-5-14(18)15(13)19;/h3-5,10-12H,6-9,20H2,1-2H3,(H,21,23);1H. The highest BCUT2D eigenvalue weighted by molar-refractivity contribution is 6.43. The van der Waals surface area contributed by atoms with Gasteiger partial charge in [-0.15, -0.1) is 12.4 Å². The third kappa shape index (κ3) is 5.23. The molecule has 5 nitrogen and oxygen atoms in total. The Labute approximate surface area is 164 Å². The molecule has 2 rings (SSSR count). The Morgan fingerprint density at radius 1 is 1.40 bits per heavy atom. The lowest BCUT2D eigenvalue weighted by atomic mass is 9.92. The third-order valence-corrected chi connectivity index (χ3v) is 5.27. The van der Waals surface area contributed by atoms with Gasteiger partial charge in [0.15, 0.2) is 0 Å². The molecule has 25 heavy (non-hydrogen) atoms. The number of piperidine rings is 1. The van der Waals surface area contributed by atoms with Gasteiger partial charge in [-0.05, 0) is 37.8 Å². The van der Waals surface area contributed by atoms with Crippen LogP contribution in [0.1, 0.15) is 37.0 Å². The molecule has 0 radical (unpaired) electrons. The van der Waals surface area contributed by atoms with Crippen LogP contribution in [0.2, 0.25) is 10.0 Å². The predicted octanol–water partition coefficient (Wildman–Crippen LogP) is 3.12. The molecule has 0 saturated carbocycles. The molecular weight excluding hydrogens is 385 g/mol. The zero-order chi connectivity index (χ0) is 17.9. The number of benzene rings is 1. The molecule has 1 fully saturated rings. The van der Waals surface area contributed by atoms with Gasteiger partial charge < -0.3 is 16.0 Å². The van der Waals surface area contributed by atoms with Gasteiger partial charge in [0.05, 0.1) is 15.6 Å². The molecule has 3 N–H and O–H groups in total. The summed E-state index contributed by atoms with van der Waals surface area (Å²) in [5.41, 5.74) is 6.07. The van der Waals surface area contributed by atoms with Gasteiger partial charge in [0, 0.05) is 19.1 Å². The molecule has 3 atom stereocenters. The molecule has 0 spiro atoms. The number of carbonyl (C=O) groups excluding carboxylic acids is 2. The van der Waals surface area contributed by atoms with Gasteiger partial charge in [-0.1, -0.05) is 36.2 Å². The highest BCUT2D eigenvalue weighted by Crippen LogP contribution is 2.26. The Morgan fingerprint density at radius 2 is 2.08 bits per heavy atom. The number of rotatable bonds is 4. The first kappa shape index (κ1) is 22.0. The Kier molecular flexibility index (Phi) is 8.48. The minimum absolute atomic E-state index is 0. The summed E-state index contributed by atoms with van der Waals surface area (Å²) in [6.45, 7) is 4.93. The van der Waals surface area contributed by atoms with Crippen molar-refractivity contribution >= 4 is 47.4 Å². The first-order valence-electron chi connectivity index (χ1n) is 8.10. The number of halogens is 3. The minimum atomic E-state index is -0.657. The zero-order valence-corrected chi connectivity index (χ0v) is 16.6. The summed E-state index contributed by atoms with van der Waals surface area (Å²) in [5, 5.41) is 3.19. The monoisotopic (exact) mass is 407 g/mol. The fourth-order valence-electron chi connectivity index (χ4n) is 3.03. The molecule has 0 aliphatic carbocycles. The van der Waals surface area contributed by atoms with E-state index in [9.17, 15) is 9.59 Å². The molecule has 1 saturated heterocycles. The maximum atomic E-state index is 12.7. The van der Waals surface area contributed by atoms with Crippen molar-refractivity contribution in [3.8, 4) is 0 Å². The van der Waals surface area contributed by atoms with Crippen molar-refractivity contribution in [1.82, 2.24) is 10.2 Å². The Morgan fingerprint density at radius 3 is 2.72 bits per heavy atom. The summed E-state index contributed by atoms with van der Waals surface area (Å²) < 4.78 is 0. The quantitative estimate of drug-likeness (QED) is 0.803. The molecule has 0 bridgehead atoms. The lowest BCUT2D eigenvalue weighted by molar-refractivity contribution is -0.136. The number of hydrogen-bond donors (Lipinski definition) is 2. The molecular formula is C17H24Cl3N3O2. The van der Waals surface area contributed by atoms with Crippen molar-refractivity contribution < 1.29 is 9.59 Å². The van der Waals surface area contributed by atoms with Crippen molar-refractivity contribution in [3.05, 3.63) is 33.8 Å². The molecule has 1 aromatic carbocycles. The van der Waals surface area contributed by atoms with Crippen LogP contribution in [-0.2, 0) is 4.79 Å². The van der Waals surface area contributed by atoms with Crippen LogP contribution in [0, 0.1) is 5.92 Å². The maximum absolute atomic E-state index is 12.7.